The van der Waals surface area contributed by atoms with E-state index in [2.05, 4.69) is 6.92 Å². The molecule has 2 fully saturated rings. The molecule has 1 unspecified atom stereocenters. The summed E-state index contributed by atoms with van der Waals surface area (Å²) in [5.74, 6) is 0. The van der Waals surface area contributed by atoms with Crippen LogP contribution in [-0.2, 0) is 0 Å². The van der Waals surface area contributed by atoms with E-state index in [0.717, 1.165) is 6.04 Å². The summed E-state index contributed by atoms with van der Waals surface area (Å²) in [6, 6.07) is 0.719. The number of rotatable bonds is 1. The van der Waals surface area contributed by atoms with E-state index in [9.17, 15) is 0 Å². The minimum atomic E-state index is 0.527. The quantitative estimate of drug-likeness (QED) is 0.529. The van der Waals surface area contributed by atoms with Gasteiger partial charge in [0, 0.05) is 0 Å². The van der Waals surface area contributed by atoms with Gasteiger partial charge in [-0.15, -0.1) is 11.6 Å². The molecule has 1 aliphatic carbocycles. The second-order valence-electron chi connectivity index (χ2n) is 3.81. The zero-order chi connectivity index (χ0) is 7.03. The van der Waals surface area contributed by atoms with Gasteiger partial charge in [-0.2, -0.15) is 0 Å². The van der Waals surface area contributed by atoms with Crippen molar-refractivity contribution in [3.05, 3.63) is 5.32 Å². The normalized spacial score (nSPS) is 36.3. The van der Waals surface area contributed by atoms with Gasteiger partial charge in [-0.1, -0.05) is 45.4 Å². The lowest BCUT2D eigenvalue weighted by Crippen LogP contribution is -2.22. The van der Waals surface area contributed by atoms with Crippen molar-refractivity contribution in [1.82, 2.24) is 0 Å². The van der Waals surface area contributed by atoms with Gasteiger partial charge in [-0.25, -0.2) is 0 Å². The first-order valence-corrected chi connectivity index (χ1v) is 4.57. The lowest BCUT2D eigenvalue weighted by Gasteiger charge is -2.45. The van der Waals surface area contributed by atoms with Crippen molar-refractivity contribution in [2.24, 2.45) is 0 Å². The predicted octanol–water partition coefficient (Wildman–Crippen LogP) is 2.86. The third-order valence-electron chi connectivity index (χ3n) is 2.93. The smallest absolute Gasteiger partial charge is 0.0558 e. The molecule has 1 spiro atoms. The van der Waals surface area contributed by atoms with E-state index in [1.165, 1.54) is 38.5 Å². The summed E-state index contributed by atoms with van der Waals surface area (Å²) in [6.07, 6.45) is 8.23. The molecular formula is C9H16N-. The fraction of sp³-hybridized carbons (Fsp3) is 1.00. The van der Waals surface area contributed by atoms with Gasteiger partial charge in [-0.3, -0.25) is 0 Å². The summed E-state index contributed by atoms with van der Waals surface area (Å²) >= 11 is 0. The summed E-state index contributed by atoms with van der Waals surface area (Å²) in [7, 11) is 0. The minimum Gasteiger partial charge on any atom is -0.654 e. The Hall–Kier alpha value is -0.0400. The van der Waals surface area contributed by atoms with Crippen LogP contribution in [-0.4, -0.2) is 11.6 Å². The molecule has 0 N–H and O–H groups in total. The van der Waals surface area contributed by atoms with Gasteiger partial charge in [0.25, 0.3) is 0 Å². The topological polar surface area (TPSA) is 14.1 Å². The molecule has 1 nitrogen and oxygen atoms in total. The van der Waals surface area contributed by atoms with Crippen molar-refractivity contribution in [1.29, 1.82) is 0 Å². The van der Waals surface area contributed by atoms with E-state index in [1.807, 2.05) is 0 Å². The molecule has 1 aliphatic heterocycles. The number of hydrogen-bond acceptors (Lipinski definition) is 0. The highest BCUT2D eigenvalue weighted by Gasteiger charge is 2.34. The molecule has 0 aromatic carbocycles. The Bertz CT molecular complexity index is 127. The van der Waals surface area contributed by atoms with Crippen molar-refractivity contribution in [2.75, 3.05) is 0 Å². The summed E-state index contributed by atoms with van der Waals surface area (Å²) in [4.78, 5) is 0. The molecule has 0 aromatic rings. The van der Waals surface area contributed by atoms with Gasteiger partial charge < -0.3 is 5.32 Å². The average Bonchev–Trinajstić information content (AvgIpc) is 2.70. The van der Waals surface area contributed by atoms with Crippen LogP contribution in [0, 0.1) is 0 Å². The SMILES string of the molecule is CCC1CCCC2(CC2)[N-]1. The van der Waals surface area contributed by atoms with Crippen molar-refractivity contribution in [2.45, 2.75) is 57.0 Å². The molecule has 0 amide bonds. The van der Waals surface area contributed by atoms with E-state index in [0.29, 0.717) is 5.54 Å². The molecule has 1 saturated heterocycles. The Morgan fingerprint density at radius 1 is 1.40 bits per heavy atom. The Morgan fingerprint density at radius 3 is 2.80 bits per heavy atom. The summed E-state index contributed by atoms with van der Waals surface area (Å²) < 4.78 is 0. The van der Waals surface area contributed by atoms with Crippen LogP contribution >= 0.6 is 0 Å². The maximum atomic E-state index is 4.84. The van der Waals surface area contributed by atoms with Crippen LogP contribution in [0.3, 0.4) is 0 Å². The van der Waals surface area contributed by atoms with Crippen LogP contribution in [0.1, 0.15) is 45.4 Å². The van der Waals surface area contributed by atoms with Gasteiger partial charge >= 0.3 is 0 Å². The van der Waals surface area contributed by atoms with Crippen LogP contribution in [0.2, 0.25) is 0 Å². The first-order chi connectivity index (χ1) is 4.85. The van der Waals surface area contributed by atoms with Crippen molar-refractivity contribution < 1.29 is 0 Å². The second-order valence-corrected chi connectivity index (χ2v) is 3.81. The van der Waals surface area contributed by atoms with Gasteiger partial charge in [0.1, 0.15) is 0 Å². The molecule has 1 atom stereocenters. The maximum Gasteiger partial charge on any atom is -0.0558 e. The second kappa shape index (κ2) is 2.23. The predicted molar refractivity (Wildman–Crippen MR) is 43.3 cm³/mol. The standard InChI is InChI=1S/C9H16N/c1-2-8-4-3-5-9(10-8)6-7-9/h8H,2-7H2,1H3/q-1. The number of nitrogens with zero attached hydrogens (tertiary/aromatic N) is 1. The highest BCUT2D eigenvalue weighted by atomic mass is 15.1. The molecule has 1 heteroatoms. The fourth-order valence-corrected chi connectivity index (χ4v) is 2.00. The molecule has 1 saturated carbocycles. The van der Waals surface area contributed by atoms with E-state index in [-0.39, 0.29) is 0 Å². The highest BCUT2D eigenvalue weighted by molar-refractivity contribution is 5.22. The van der Waals surface area contributed by atoms with E-state index in [4.69, 9.17) is 5.32 Å². The van der Waals surface area contributed by atoms with E-state index < -0.39 is 0 Å². The Kier molecular flexibility index (Phi) is 1.48. The third kappa shape index (κ3) is 1.07. The highest BCUT2D eigenvalue weighted by Crippen LogP contribution is 2.52. The Balaban J connectivity index is 1.91. The zero-order valence-electron chi connectivity index (χ0n) is 6.77. The largest absolute Gasteiger partial charge is 0.654 e. The first-order valence-electron chi connectivity index (χ1n) is 4.57. The van der Waals surface area contributed by atoms with Crippen LogP contribution in [0.4, 0.5) is 0 Å². The van der Waals surface area contributed by atoms with Gasteiger partial charge in [0.15, 0.2) is 0 Å². The molecule has 0 bridgehead atoms. The van der Waals surface area contributed by atoms with Crippen molar-refractivity contribution >= 4 is 0 Å². The third-order valence-corrected chi connectivity index (χ3v) is 2.93. The molecule has 2 rings (SSSR count). The van der Waals surface area contributed by atoms with E-state index in [1.54, 1.807) is 0 Å². The van der Waals surface area contributed by atoms with Crippen LogP contribution in [0.5, 0.6) is 0 Å². The summed E-state index contributed by atoms with van der Waals surface area (Å²) in [6.45, 7) is 2.26. The molecule has 58 valence electrons. The first kappa shape index (κ1) is 6.66. The molecular weight excluding hydrogens is 122 g/mol. The molecule has 0 aromatic heterocycles. The Labute approximate surface area is 63.2 Å². The summed E-state index contributed by atoms with van der Waals surface area (Å²) in [5, 5.41) is 4.84. The lowest BCUT2D eigenvalue weighted by atomic mass is 9.95. The molecule has 10 heavy (non-hydrogen) atoms. The molecule has 2 aliphatic rings. The van der Waals surface area contributed by atoms with E-state index >= 15 is 0 Å². The van der Waals surface area contributed by atoms with Gasteiger partial charge in [0.2, 0.25) is 0 Å². The van der Waals surface area contributed by atoms with Crippen molar-refractivity contribution in [3.63, 3.8) is 0 Å². The maximum absolute atomic E-state index is 4.84. The number of piperidine rings is 1. The molecule has 0 radical (unpaired) electrons. The lowest BCUT2D eigenvalue weighted by molar-refractivity contribution is 0.458. The monoisotopic (exact) mass is 138 g/mol. The number of hydrogen-bond donors (Lipinski definition) is 0. The van der Waals surface area contributed by atoms with Crippen LogP contribution < -0.4 is 0 Å². The summed E-state index contributed by atoms with van der Waals surface area (Å²) in [5.41, 5.74) is 0.527. The average molecular weight is 138 g/mol. The van der Waals surface area contributed by atoms with Crippen molar-refractivity contribution in [3.8, 4) is 0 Å². The Morgan fingerprint density at radius 2 is 2.20 bits per heavy atom. The zero-order valence-corrected chi connectivity index (χ0v) is 6.77. The van der Waals surface area contributed by atoms with Gasteiger partial charge in [-0.05, 0) is 0 Å². The van der Waals surface area contributed by atoms with Gasteiger partial charge in [0.05, 0.1) is 0 Å². The molecule has 1 heterocycles. The van der Waals surface area contributed by atoms with Crippen LogP contribution in [0.25, 0.3) is 5.32 Å². The fourth-order valence-electron chi connectivity index (χ4n) is 2.00. The minimum absolute atomic E-state index is 0.527. The van der Waals surface area contributed by atoms with Crippen LogP contribution in [0.15, 0.2) is 0 Å².